The SMILES string of the molecule is O=C(NS(=O)(=O)c1ccc(NC[C@H]2CC[C@H](O)CO2)c([N+](=O)[O-])c1)c1ccccc1N1CCCOc2nc3[nH]ccc3cc21. The van der Waals surface area contributed by atoms with E-state index in [1.807, 2.05) is 17.0 Å². The Bertz CT molecular complexity index is 1820. The van der Waals surface area contributed by atoms with E-state index in [-0.39, 0.29) is 30.5 Å². The smallest absolute Gasteiger partial charge is 0.293 e. The second-order valence-corrected chi connectivity index (χ2v) is 12.2. The third-order valence-corrected chi connectivity index (χ3v) is 8.87. The first-order valence-corrected chi connectivity index (χ1v) is 15.5. The minimum Gasteiger partial charge on any atom is -0.476 e. The summed E-state index contributed by atoms with van der Waals surface area (Å²) in [5.74, 6) is -0.515. The Morgan fingerprint density at radius 1 is 1.16 bits per heavy atom. The van der Waals surface area contributed by atoms with E-state index in [4.69, 9.17) is 9.47 Å². The summed E-state index contributed by atoms with van der Waals surface area (Å²) in [4.78, 5) is 33.7. The lowest BCUT2D eigenvalue weighted by molar-refractivity contribution is -0.384. The van der Waals surface area contributed by atoms with Crippen LogP contribution >= 0.6 is 0 Å². The number of amides is 1. The highest BCUT2D eigenvalue weighted by Crippen LogP contribution is 2.38. The first kappa shape index (κ1) is 29.3. The molecule has 14 nitrogen and oxygen atoms in total. The predicted octanol–water partition coefficient (Wildman–Crippen LogP) is 3.46. The standard InChI is InChI=1S/C29H30N6O8S/c36-19-6-7-20(43-17-19)16-31-23-9-8-21(15-25(23)35(38)39)44(40,41)33-28(37)22-4-1-2-5-24(22)34-12-3-13-42-29-26(34)14-18-10-11-30-27(18)32-29/h1-2,4-5,8-11,14-15,19-20,31,36H,3,6-7,12-13,16-17H2,(H,30,32)(H,33,37)/t19-,20+/m0/s1. The highest BCUT2D eigenvalue weighted by Gasteiger charge is 2.28. The summed E-state index contributed by atoms with van der Waals surface area (Å²) in [6.07, 6.45) is 2.72. The van der Waals surface area contributed by atoms with Crippen molar-refractivity contribution in [3.8, 4) is 5.88 Å². The predicted molar refractivity (Wildman–Crippen MR) is 161 cm³/mol. The lowest BCUT2D eigenvalue weighted by Crippen LogP contribution is -2.33. The van der Waals surface area contributed by atoms with Gasteiger partial charge in [0.25, 0.3) is 21.6 Å². The van der Waals surface area contributed by atoms with Crippen molar-refractivity contribution in [3.63, 3.8) is 0 Å². The summed E-state index contributed by atoms with van der Waals surface area (Å²) < 4.78 is 40.1. The largest absolute Gasteiger partial charge is 0.476 e. The highest BCUT2D eigenvalue weighted by molar-refractivity contribution is 7.90. The normalized spacial score (nSPS) is 18.6. The number of carbonyl (C=O) groups is 1. The molecule has 1 saturated heterocycles. The van der Waals surface area contributed by atoms with Gasteiger partial charge in [0, 0.05) is 30.7 Å². The molecule has 2 aliphatic rings. The maximum atomic E-state index is 13.5. The topological polar surface area (TPSA) is 189 Å². The van der Waals surface area contributed by atoms with Gasteiger partial charge in [-0.15, -0.1) is 0 Å². The first-order valence-electron chi connectivity index (χ1n) is 14.1. The van der Waals surface area contributed by atoms with Gasteiger partial charge < -0.3 is 29.8 Å². The van der Waals surface area contributed by atoms with E-state index < -0.39 is 37.5 Å². The zero-order chi connectivity index (χ0) is 30.8. The Morgan fingerprint density at radius 3 is 2.80 bits per heavy atom. The zero-order valence-electron chi connectivity index (χ0n) is 23.4. The third kappa shape index (κ3) is 6.02. The summed E-state index contributed by atoms with van der Waals surface area (Å²) in [6, 6.07) is 13.7. The van der Waals surface area contributed by atoms with Crippen LogP contribution in [0.3, 0.4) is 0 Å². The number of para-hydroxylation sites is 1. The number of anilines is 3. The van der Waals surface area contributed by atoms with Gasteiger partial charge in [0.2, 0.25) is 5.88 Å². The lowest BCUT2D eigenvalue weighted by Gasteiger charge is -2.26. The number of nitrogens with zero attached hydrogens (tertiary/aromatic N) is 3. The maximum absolute atomic E-state index is 13.5. The molecule has 0 unspecified atom stereocenters. The lowest BCUT2D eigenvalue weighted by atomic mass is 10.1. The van der Waals surface area contributed by atoms with Gasteiger partial charge in [-0.1, -0.05) is 12.1 Å². The van der Waals surface area contributed by atoms with Crippen LogP contribution in [0.5, 0.6) is 5.88 Å². The number of ether oxygens (including phenoxy) is 2. The zero-order valence-corrected chi connectivity index (χ0v) is 24.2. The number of nitrogens with one attached hydrogen (secondary N) is 3. The minimum atomic E-state index is -4.50. The number of carbonyl (C=O) groups excluding carboxylic acids is 1. The number of rotatable bonds is 8. The number of H-pyrrole nitrogens is 1. The molecule has 0 aliphatic carbocycles. The Labute approximate surface area is 252 Å². The van der Waals surface area contributed by atoms with Gasteiger partial charge in [-0.25, -0.2) is 13.1 Å². The molecule has 4 heterocycles. The Morgan fingerprint density at radius 2 is 2.00 bits per heavy atom. The molecule has 2 aliphatic heterocycles. The number of aromatic amines is 1. The van der Waals surface area contributed by atoms with Gasteiger partial charge in [0.1, 0.15) is 17.0 Å². The van der Waals surface area contributed by atoms with Crippen molar-refractivity contribution in [2.24, 2.45) is 0 Å². The number of hydrogen-bond acceptors (Lipinski definition) is 11. The monoisotopic (exact) mass is 622 g/mol. The van der Waals surface area contributed by atoms with E-state index in [1.165, 1.54) is 18.2 Å². The van der Waals surface area contributed by atoms with E-state index in [9.17, 15) is 28.4 Å². The molecule has 1 amide bonds. The number of benzene rings is 2. The second kappa shape index (κ2) is 12.1. The molecule has 1 fully saturated rings. The average molecular weight is 623 g/mol. The van der Waals surface area contributed by atoms with E-state index in [1.54, 1.807) is 24.4 Å². The number of aliphatic hydroxyl groups excluding tert-OH is 1. The molecule has 2 aromatic heterocycles. The Kier molecular flexibility index (Phi) is 8.07. The van der Waals surface area contributed by atoms with Crippen LogP contribution in [-0.4, -0.2) is 72.8 Å². The van der Waals surface area contributed by atoms with Crippen LogP contribution < -0.4 is 19.7 Å². The number of aromatic nitrogens is 2. The van der Waals surface area contributed by atoms with Crippen molar-refractivity contribution >= 4 is 49.7 Å². The van der Waals surface area contributed by atoms with Crippen LogP contribution in [0.2, 0.25) is 0 Å². The molecule has 0 bridgehead atoms. The van der Waals surface area contributed by atoms with Crippen LogP contribution in [0, 0.1) is 10.1 Å². The summed E-state index contributed by atoms with van der Waals surface area (Å²) in [7, 11) is -4.50. The number of sulfonamides is 1. The number of nitro benzene ring substituents is 1. The number of nitro groups is 1. The molecule has 15 heteroatoms. The molecule has 230 valence electrons. The fraction of sp³-hybridized carbons (Fsp3) is 0.310. The van der Waals surface area contributed by atoms with Crippen LogP contribution in [0.15, 0.2) is 65.7 Å². The molecule has 4 N–H and O–H groups in total. The average Bonchev–Trinajstić information content (AvgIpc) is 3.37. The van der Waals surface area contributed by atoms with Gasteiger partial charge in [-0.05, 0) is 55.7 Å². The van der Waals surface area contributed by atoms with E-state index in [2.05, 4.69) is 20.0 Å². The summed E-state index contributed by atoms with van der Waals surface area (Å²) >= 11 is 0. The number of fused-ring (bicyclic) bond motifs is 2. The molecule has 0 saturated carbocycles. The van der Waals surface area contributed by atoms with E-state index in [0.29, 0.717) is 55.3 Å². The molecular weight excluding hydrogens is 592 g/mol. The maximum Gasteiger partial charge on any atom is 0.293 e. The fourth-order valence-electron chi connectivity index (χ4n) is 5.31. The molecule has 2 atom stereocenters. The van der Waals surface area contributed by atoms with Crippen LogP contribution in [0.25, 0.3) is 11.0 Å². The summed E-state index contributed by atoms with van der Waals surface area (Å²) in [5, 5.41) is 25.2. The van der Waals surface area contributed by atoms with Gasteiger partial charge in [-0.3, -0.25) is 14.9 Å². The van der Waals surface area contributed by atoms with Gasteiger partial charge >= 0.3 is 0 Å². The number of hydrogen-bond donors (Lipinski definition) is 4. The van der Waals surface area contributed by atoms with Crippen molar-refractivity contribution < 1.29 is 32.7 Å². The van der Waals surface area contributed by atoms with Crippen LogP contribution in [-0.2, 0) is 14.8 Å². The van der Waals surface area contributed by atoms with Crippen molar-refractivity contribution in [3.05, 3.63) is 76.5 Å². The molecule has 4 aromatic rings. The summed E-state index contributed by atoms with van der Waals surface area (Å²) in [5.41, 5.74) is 1.45. The minimum absolute atomic E-state index is 0.0866. The number of pyridine rings is 1. The molecule has 0 radical (unpaired) electrons. The fourth-order valence-corrected chi connectivity index (χ4v) is 6.29. The first-order chi connectivity index (χ1) is 21.2. The molecular formula is C29H30N6O8S. The van der Waals surface area contributed by atoms with Gasteiger partial charge in [0.05, 0.1) is 46.5 Å². The third-order valence-electron chi connectivity index (χ3n) is 7.55. The van der Waals surface area contributed by atoms with Crippen LogP contribution in [0.1, 0.15) is 29.6 Å². The quantitative estimate of drug-likeness (QED) is 0.166. The number of aliphatic hydroxyl groups is 1. The molecule has 6 rings (SSSR count). The van der Waals surface area contributed by atoms with Crippen molar-refractivity contribution in [1.82, 2.24) is 14.7 Å². The highest BCUT2D eigenvalue weighted by atomic mass is 32.2. The summed E-state index contributed by atoms with van der Waals surface area (Å²) in [6.45, 7) is 1.31. The van der Waals surface area contributed by atoms with Gasteiger partial charge in [-0.2, -0.15) is 4.98 Å². The van der Waals surface area contributed by atoms with Crippen molar-refractivity contribution in [1.29, 1.82) is 0 Å². The van der Waals surface area contributed by atoms with Crippen molar-refractivity contribution in [2.45, 2.75) is 36.4 Å². The van der Waals surface area contributed by atoms with E-state index >= 15 is 0 Å². The van der Waals surface area contributed by atoms with Crippen molar-refractivity contribution in [2.75, 3.05) is 36.5 Å². The van der Waals surface area contributed by atoms with E-state index in [0.717, 1.165) is 11.5 Å². The van der Waals surface area contributed by atoms with Crippen LogP contribution in [0.4, 0.5) is 22.7 Å². The Balaban J connectivity index is 1.25. The molecule has 44 heavy (non-hydrogen) atoms. The Hall–Kier alpha value is -4.73. The van der Waals surface area contributed by atoms with Gasteiger partial charge in [0.15, 0.2) is 0 Å². The molecule has 0 spiro atoms. The molecule has 2 aromatic carbocycles. The second-order valence-electron chi connectivity index (χ2n) is 10.5.